The zero-order valence-corrected chi connectivity index (χ0v) is 11.0. The molecule has 19 heavy (non-hydrogen) atoms. The van der Waals surface area contributed by atoms with Crippen LogP contribution in [0.25, 0.3) is 10.9 Å². The van der Waals surface area contributed by atoms with E-state index in [0.29, 0.717) is 6.61 Å². The molecule has 1 aliphatic heterocycles. The Kier molecular flexibility index (Phi) is 3.84. The van der Waals surface area contributed by atoms with Crippen molar-refractivity contribution in [2.24, 2.45) is 0 Å². The first-order chi connectivity index (χ1) is 9.43. The first kappa shape index (κ1) is 12.3. The SMILES string of the molecule is C1=COCC(OCCCc2c[nH]c3ccccc23)C1. The molecular weight excluding hydrogens is 238 g/mol. The summed E-state index contributed by atoms with van der Waals surface area (Å²) >= 11 is 0. The molecule has 0 amide bonds. The van der Waals surface area contributed by atoms with Crippen molar-refractivity contribution in [3.05, 3.63) is 48.4 Å². The van der Waals surface area contributed by atoms with Gasteiger partial charge in [0.1, 0.15) is 6.61 Å². The number of para-hydroxylation sites is 1. The van der Waals surface area contributed by atoms with Gasteiger partial charge >= 0.3 is 0 Å². The number of H-pyrrole nitrogens is 1. The second-order valence-corrected chi connectivity index (χ2v) is 4.90. The van der Waals surface area contributed by atoms with Crippen molar-refractivity contribution in [2.45, 2.75) is 25.4 Å². The lowest BCUT2D eigenvalue weighted by Crippen LogP contribution is -2.21. The van der Waals surface area contributed by atoms with Crippen LogP contribution in [0.1, 0.15) is 18.4 Å². The number of hydrogen-bond acceptors (Lipinski definition) is 2. The quantitative estimate of drug-likeness (QED) is 0.833. The molecular formula is C16H19NO2. The molecule has 3 nitrogen and oxygen atoms in total. The molecule has 0 saturated carbocycles. The van der Waals surface area contributed by atoms with Crippen LogP contribution >= 0.6 is 0 Å². The maximum Gasteiger partial charge on any atom is 0.114 e. The van der Waals surface area contributed by atoms with Gasteiger partial charge in [-0.1, -0.05) is 18.2 Å². The molecule has 0 bridgehead atoms. The molecule has 1 atom stereocenters. The Bertz CT molecular complexity index is 559. The number of aromatic amines is 1. The van der Waals surface area contributed by atoms with E-state index < -0.39 is 0 Å². The van der Waals surface area contributed by atoms with E-state index in [1.54, 1.807) is 6.26 Å². The van der Waals surface area contributed by atoms with E-state index in [2.05, 4.69) is 35.4 Å². The summed E-state index contributed by atoms with van der Waals surface area (Å²) in [7, 11) is 0. The third-order valence-electron chi connectivity index (χ3n) is 3.49. The van der Waals surface area contributed by atoms with Crippen molar-refractivity contribution in [3.8, 4) is 0 Å². The summed E-state index contributed by atoms with van der Waals surface area (Å²) in [6.07, 6.45) is 9.17. The first-order valence-corrected chi connectivity index (χ1v) is 6.87. The lowest BCUT2D eigenvalue weighted by atomic mass is 10.1. The van der Waals surface area contributed by atoms with Crippen molar-refractivity contribution < 1.29 is 9.47 Å². The molecule has 3 heteroatoms. The van der Waals surface area contributed by atoms with Crippen LogP contribution in [0.3, 0.4) is 0 Å². The molecule has 3 rings (SSSR count). The zero-order chi connectivity index (χ0) is 12.9. The summed E-state index contributed by atoms with van der Waals surface area (Å²) in [4.78, 5) is 3.31. The monoisotopic (exact) mass is 257 g/mol. The van der Waals surface area contributed by atoms with Gasteiger partial charge in [0.05, 0.1) is 12.4 Å². The lowest BCUT2D eigenvalue weighted by Gasteiger charge is -2.18. The number of aryl methyl sites for hydroxylation is 1. The van der Waals surface area contributed by atoms with E-state index in [1.165, 1.54) is 16.5 Å². The van der Waals surface area contributed by atoms with Gasteiger partial charge in [-0.15, -0.1) is 0 Å². The maximum absolute atomic E-state index is 5.81. The molecule has 0 aliphatic carbocycles. The molecule has 0 spiro atoms. The molecule has 0 saturated heterocycles. The van der Waals surface area contributed by atoms with E-state index in [9.17, 15) is 0 Å². The second kappa shape index (κ2) is 5.93. The van der Waals surface area contributed by atoms with E-state index in [1.807, 2.05) is 6.08 Å². The number of aromatic nitrogens is 1. The molecule has 1 N–H and O–H groups in total. The average Bonchev–Trinajstić information content (AvgIpc) is 2.88. The van der Waals surface area contributed by atoms with Crippen LogP contribution in [0.5, 0.6) is 0 Å². The Labute approximate surface area is 113 Å². The van der Waals surface area contributed by atoms with Crippen molar-refractivity contribution in [1.82, 2.24) is 4.98 Å². The summed E-state index contributed by atoms with van der Waals surface area (Å²) in [5.74, 6) is 0. The van der Waals surface area contributed by atoms with Crippen molar-refractivity contribution in [2.75, 3.05) is 13.2 Å². The summed E-state index contributed by atoms with van der Waals surface area (Å²) in [5.41, 5.74) is 2.59. The minimum absolute atomic E-state index is 0.230. The predicted octanol–water partition coefficient (Wildman–Crippen LogP) is 3.42. The Hall–Kier alpha value is -1.74. The minimum atomic E-state index is 0.230. The summed E-state index contributed by atoms with van der Waals surface area (Å²) in [6, 6.07) is 8.42. The molecule has 2 aromatic rings. The molecule has 0 radical (unpaired) electrons. The van der Waals surface area contributed by atoms with Gasteiger partial charge in [0.25, 0.3) is 0 Å². The number of benzene rings is 1. The van der Waals surface area contributed by atoms with Gasteiger partial charge in [-0.25, -0.2) is 0 Å². The Morgan fingerprint density at radius 2 is 2.26 bits per heavy atom. The number of nitrogens with one attached hydrogen (secondary N) is 1. The zero-order valence-electron chi connectivity index (χ0n) is 11.0. The number of fused-ring (bicyclic) bond motifs is 1. The standard InChI is InChI=1S/C16H19NO2/c1-2-8-16-15(7-1)13(11-17-16)5-3-10-19-14-6-4-9-18-12-14/h1-2,4,7-9,11,14,17H,3,5-6,10,12H2. The highest BCUT2D eigenvalue weighted by Crippen LogP contribution is 2.19. The highest BCUT2D eigenvalue weighted by Gasteiger charge is 2.10. The molecule has 1 aromatic heterocycles. The normalized spacial score (nSPS) is 18.6. The van der Waals surface area contributed by atoms with E-state index in [0.717, 1.165) is 25.9 Å². The van der Waals surface area contributed by atoms with Crippen LogP contribution in [0.4, 0.5) is 0 Å². The van der Waals surface area contributed by atoms with Crippen molar-refractivity contribution >= 4 is 10.9 Å². The van der Waals surface area contributed by atoms with Gasteiger partial charge in [0.15, 0.2) is 0 Å². The fourth-order valence-corrected chi connectivity index (χ4v) is 2.47. The predicted molar refractivity (Wildman–Crippen MR) is 76.1 cm³/mol. The lowest BCUT2D eigenvalue weighted by molar-refractivity contribution is 0.000828. The number of ether oxygens (including phenoxy) is 2. The van der Waals surface area contributed by atoms with Gasteiger partial charge in [-0.05, 0) is 37.0 Å². The maximum atomic E-state index is 5.81. The van der Waals surface area contributed by atoms with Crippen LogP contribution < -0.4 is 0 Å². The molecule has 100 valence electrons. The highest BCUT2D eigenvalue weighted by atomic mass is 16.5. The largest absolute Gasteiger partial charge is 0.499 e. The van der Waals surface area contributed by atoms with Crippen molar-refractivity contribution in [1.29, 1.82) is 0 Å². The molecule has 2 heterocycles. The fourth-order valence-electron chi connectivity index (χ4n) is 2.47. The molecule has 1 aromatic carbocycles. The Morgan fingerprint density at radius 1 is 1.32 bits per heavy atom. The number of rotatable bonds is 5. The van der Waals surface area contributed by atoms with Crippen LogP contribution in [0.15, 0.2) is 42.8 Å². The molecule has 0 fully saturated rings. The van der Waals surface area contributed by atoms with Crippen LogP contribution in [0, 0.1) is 0 Å². The second-order valence-electron chi connectivity index (χ2n) is 4.90. The molecule has 1 aliphatic rings. The molecule has 1 unspecified atom stereocenters. The minimum Gasteiger partial charge on any atom is -0.499 e. The highest BCUT2D eigenvalue weighted by molar-refractivity contribution is 5.82. The van der Waals surface area contributed by atoms with Crippen LogP contribution in [-0.4, -0.2) is 24.3 Å². The van der Waals surface area contributed by atoms with E-state index in [4.69, 9.17) is 9.47 Å². The van der Waals surface area contributed by atoms with Crippen molar-refractivity contribution in [3.63, 3.8) is 0 Å². The summed E-state index contributed by atoms with van der Waals surface area (Å²) < 4.78 is 11.0. The van der Waals surface area contributed by atoms with Gasteiger partial charge in [-0.3, -0.25) is 0 Å². The van der Waals surface area contributed by atoms with Gasteiger partial charge in [0, 0.05) is 23.7 Å². The van der Waals surface area contributed by atoms with Gasteiger partial charge < -0.3 is 14.5 Å². The average molecular weight is 257 g/mol. The Balaban J connectivity index is 1.48. The van der Waals surface area contributed by atoms with Gasteiger partial charge in [-0.2, -0.15) is 0 Å². The summed E-state index contributed by atoms with van der Waals surface area (Å²) in [6.45, 7) is 1.48. The summed E-state index contributed by atoms with van der Waals surface area (Å²) in [5, 5.41) is 1.33. The topological polar surface area (TPSA) is 34.2 Å². The van der Waals surface area contributed by atoms with Gasteiger partial charge in [0.2, 0.25) is 0 Å². The van der Waals surface area contributed by atoms with E-state index in [-0.39, 0.29) is 6.10 Å². The first-order valence-electron chi connectivity index (χ1n) is 6.87. The Morgan fingerprint density at radius 3 is 3.16 bits per heavy atom. The van der Waals surface area contributed by atoms with Crippen LogP contribution in [0.2, 0.25) is 0 Å². The third kappa shape index (κ3) is 2.99. The smallest absolute Gasteiger partial charge is 0.114 e. The number of hydrogen-bond donors (Lipinski definition) is 1. The van der Waals surface area contributed by atoms with Crippen LogP contribution in [-0.2, 0) is 15.9 Å². The van der Waals surface area contributed by atoms with E-state index >= 15 is 0 Å². The fraction of sp³-hybridized carbons (Fsp3) is 0.375. The third-order valence-corrected chi connectivity index (χ3v) is 3.49.